The zero-order valence-electron chi connectivity index (χ0n) is 11.0. The highest BCUT2D eigenvalue weighted by atomic mass is 79.9. The first-order valence-electron chi connectivity index (χ1n) is 6.29. The van der Waals surface area contributed by atoms with Crippen molar-refractivity contribution in [1.29, 1.82) is 0 Å². The van der Waals surface area contributed by atoms with E-state index in [1.807, 2.05) is 12.1 Å². The first-order valence-corrected chi connectivity index (χ1v) is 7.09. The number of halogens is 1. The van der Waals surface area contributed by atoms with E-state index in [0.717, 1.165) is 10.0 Å². The Morgan fingerprint density at radius 1 is 1.00 bits per heavy atom. The number of ether oxygens (including phenoxy) is 1. The highest BCUT2D eigenvalue weighted by Gasteiger charge is 2.00. The van der Waals surface area contributed by atoms with Crippen LogP contribution in [0.25, 0.3) is 0 Å². The summed E-state index contributed by atoms with van der Waals surface area (Å²) in [7, 11) is 0. The molecule has 0 aromatic heterocycles. The number of benzene rings is 2. The molecule has 0 amide bonds. The van der Waals surface area contributed by atoms with Crippen LogP contribution < -0.4 is 5.73 Å². The largest absolute Gasteiger partial charge is 0.372 e. The molecule has 2 N–H and O–H groups in total. The number of nitrogens with two attached hydrogens (primary N) is 1. The van der Waals surface area contributed by atoms with Crippen LogP contribution in [0.3, 0.4) is 0 Å². The molecule has 0 bridgehead atoms. The van der Waals surface area contributed by atoms with Gasteiger partial charge in [-0.3, -0.25) is 0 Å². The Hall–Kier alpha value is -1.16. The molecule has 2 aromatic carbocycles. The number of hydrogen-bond acceptors (Lipinski definition) is 2. The van der Waals surface area contributed by atoms with Crippen LogP contribution in [0.2, 0.25) is 0 Å². The molecule has 0 saturated carbocycles. The fraction of sp³-hybridized carbons (Fsp3) is 0.250. The highest BCUT2D eigenvalue weighted by molar-refractivity contribution is 9.10. The fourth-order valence-electron chi connectivity index (χ4n) is 1.91. The van der Waals surface area contributed by atoms with Crippen molar-refractivity contribution in [3.8, 4) is 0 Å². The molecule has 0 unspecified atom stereocenters. The highest BCUT2D eigenvalue weighted by Crippen LogP contribution is 2.14. The Kier molecular flexibility index (Phi) is 5.14. The summed E-state index contributed by atoms with van der Waals surface area (Å²) >= 11 is 3.42. The summed E-state index contributed by atoms with van der Waals surface area (Å²) in [6.45, 7) is 3.94. The van der Waals surface area contributed by atoms with E-state index in [-0.39, 0.29) is 0 Å². The van der Waals surface area contributed by atoms with Gasteiger partial charge in [-0.25, -0.2) is 0 Å². The van der Waals surface area contributed by atoms with Gasteiger partial charge in [-0.2, -0.15) is 0 Å². The van der Waals surface area contributed by atoms with E-state index in [4.69, 9.17) is 10.5 Å². The predicted octanol–water partition coefficient (Wildman–Crippen LogP) is 3.93. The standard InChI is InChI=1S/C16H18BrNO/c1-12-8-14(9-18)2-5-15(12)11-19-10-13-3-6-16(17)7-4-13/h2-8H,9-11,18H2,1H3. The van der Waals surface area contributed by atoms with Gasteiger partial charge < -0.3 is 10.5 Å². The van der Waals surface area contributed by atoms with E-state index in [2.05, 4.69) is 53.2 Å². The summed E-state index contributed by atoms with van der Waals surface area (Å²) in [6, 6.07) is 14.5. The van der Waals surface area contributed by atoms with Gasteiger partial charge in [-0.1, -0.05) is 46.3 Å². The maximum absolute atomic E-state index is 5.75. The molecule has 0 atom stereocenters. The van der Waals surface area contributed by atoms with Crippen LogP contribution in [0.1, 0.15) is 22.3 Å². The molecule has 0 saturated heterocycles. The molecule has 0 radical (unpaired) electrons. The molecule has 2 aromatic rings. The average Bonchev–Trinajstić information content (AvgIpc) is 2.42. The van der Waals surface area contributed by atoms with Gasteiger partial charge in [0.15, 0.2) is 0 Å². The van der Waals surface area contributed by atoms with Crippen molar-refractivity contribution in [1.82, 2.24) is 0 Å². The Bertz CT molecular complexity index is 537. The molecule has 0 aliphatic heterocycles. The minimum atomic E-state index is 0.584. The summed E-state index contributed by atoms with van der Waals surface area (Å²) in [5.74, 6) is 0. The van der Waals surface area contributed by atoms with Gasteiger partial charge in [0, 0.05) is 11.0 Å². The summed E-state index contributed by atoms with van der Waals surface area (Å²) in [5.41, 5.74) is 10.4. The predicted molar refractivity (Wildman–Crippen MR) is 81.7 cm³/mol. The van der Waals surface area contributed by atoms with Crippen LogP contribution in [0.5, 0.6) is 0 Å². The summed E-state index contributed by atoms with van der Waals surface area (Å²) in [5, 5.41) is 0. The second-order valence-corrected chi connectivity index (χ2v) is 5.50. The Labute approximate surface area is 122 Å². The van der Waals surface area contributed by atoms with Gasteiger partial charge in [-0.15, -0.1) is 0 Å². The smallest absolute Gasteiger partial charge is 0.0724 e. The first kappa shape index (κ1) is 14.3. The molecule has 0 aliphatic carbocycles. The van der Waals surface area contributed by atoms with E-state index in [0.29, 0.717) is 19.8 Å². The lowest BCUT2D eigenvalue weighted by atomic mass is 10.1. The van der Waals surface area contributed by atoms with Crippen LogP contribution in [0.15, 0.2) is 46.9 Å². The number of aryl methyl sites for hydroxylation is 1. The Balaban J connectivity index is 1.90. The normalized spacial score (nSPS) is 10.7. The van der Waals surface area contributed by atoms with Crippen molar-refractivity contribution in [2.75, 3.05) is 0 Å². The van der Waals surface area contributed by atoms with Crippen LogP contribution >= 0.6 is 15.9 Å². The van der Waals surface area contributed by atoms with E-state index in [9.17, 15) is 0 Å². The van der Waals surface area contributed by atoms with Gasteiger partial charge in [0.1, 0.15) is 0 Å². The quantitative estimate of drug-likeness (QED) is 0.906. The minimum Gasteiger partial charge on any atom is -0.372 e. The molecule has 3 heteroatoms. The van der Waals surface area contributed by atoms with Gasteiger partial charge in [0.2, 0.25) is 0 Å². The molecule has 0 heterocycles. The summed E-state index contributed by atoms with van der Waals surface area (Å²) in [4.78, 5) is 0. The van der Waals surface area contributed by atoms with Crippen LogP contribution in [-0.4, -0.2) is 0 Å². The molecule has 0 spiro atoms. The van der Waals surface area contributed by atoms with E-state index in [1.54, 1.807) is 0 Å². The third kappa shape index (κ3) is 4.16. The molecular weight excluding hydrogens is 302 g/mol. The Morgan fingerprint density at radius 2 is 1.68 bits per heavy atom. The van der Waals surface area contributed by atoms with Crippen molar-refractivity contribution in [2.45, 2.75) is 26.7 Å². The number of hydrogen-bond donors (Lipinski definition) is 1. The molecule has 0 aliphatic rings. The van der Waals surface area contributed by atoms with E-state index in [1.165, 1.54) is 16.7 Å². The number of rotatable bonds is 5. The zero-order valence-corrected chi connectivity index (χ0v) is 12.6. The van der Waals surface area contributed by atoms with Crippen LogP contribution in [0, 0.1) is 6.92 Å². The molecule has 100 valence electrons. The lowest BCUT2D eigenvalue weighted by molar-refractivity contribution is 0.107. The van der Waals surface area contributed by atoms with Crippen molar-refractivity contribution in [2.24, 2.45) is 5.73 Å². The van der Waals surface area contributed by atoms with Crippen molar-refractivity contribution >= 4 is 15.9 Å². The van der Waals surface area contributed by atoms with E-state index < -0.39 is 0 Å². The molecule has 0 fully saturated rings. The minimum absolute atomic E-state index is 0.584. The fourth-order valence-corrected chi connectivity index (χ4v) is 2.17. The van der Waals surface area contributed by atoms with Crippen molar-refractivity contribution in [3.63, 3.8) is 0 Å². The Morgan fingerprint density at radius 3 is 2.32 bits per heavy atom. The summed E-state index contributed by atoms with van der Waals surface area (Å²) < 4.78 is 6.84. The van der Waals surface area contributed by atoms with Crippen molar-refractivity contribution in [3.05, 3.63) is 69.2 Å². The third-order valence-corrected chi connectivity index (χ3v) is 3.61. The molecular formula is C16H18BrNO. The van der Waals surface area contributed by atoms with Crippen LogP contribution in [-0.2, 0) is 24.5 Å². The first-order chi connectivity index (χ1) is 9.19. The lowest BCUT2D eigenvalue weighted by Gasteiger charge is -2.09. The second kappa shape index (κ2) is 6.85. The molecule has 2 rings (SSSR count). The zero-order chi connectivity index (χ0) is 13.7. The van der Waals surface area contributed by atoms with Crippen molar-refractivity contribution < 1.29 is 4.74 Å². The molecule has 19 heavy (non-hydrogen) atoms. The maximum atomic E-state index is 5.75. The topological polar surface area (TPSA) is 35.2 Å². The molecule has 2 nitrogen and oxygen atoms in total. The maximum Gasteiger partial charge on any atom is 0.0724 e. The van der Waals surface area contributed by atoms with Gasteiger partial charge in [-0.05, 0) is 41.3 Å². The third-order valence-electron chi connectivity index (χ3n) is 3.08. The second-order valence-electron chi connectivity index (χ2n) is 4.58. The van der Waals surface area contributed by atoms with Crippen LogP contribution in [0.4, 0.5) is 0 Å². The SMILES string of the molecule is Cc1cc(CN)ccc1COCc1ccc(Br)cc1. The monoisotopic (exact) mass is 319 g/mol. The lowest BCUT2D eigenvalue weighted by Crippen LogP contribution is -2.00. The average molecular weight is 320 g/mol. The van der Waals surface area contributed by atoms with Gasteiger partial charge >= 0.3 is 0 Å². The summed E-state index contributed by atoms with van der Waals surface area (Å²) in [6.07, 6.45) is 0. The van der Waals surface area contributed by atoms with E-state index >= 15 is 0 Å². The van der Waals surface area contributed by atoms with Gasteiger partial charge in [0.05, 0.1) is 13.2 Å². The van der Waals surface area contributed by atoms with Gasteiger partial charge in [0.25, 0.3) is 0 Å².